The van der Waals surface area contributed by atoms with Gasteiger partial charge in [0.15, 0.2) is 0 Å². The highest BCUT2D eigenvalue weighted by Crippen LogP contribution is 2.66. The minimum atomic E-state index is -0.121. The lowest BCUT2D eigenvalue weighted by Crippen LogP contribution is -2.50. The van der Waals surface area contributed by atoms with Crippen molar-refractivity contribution < 1.29 is 15.3 Å². The van der Waals surface area contributed by atoms with Crippen LogP contribution in [0.15, 0.2) is 11.6 Å². The van der Waals surface area contributed by atoms with Gasteiger partial charge in [0.2, 0.25) is 0 Å². The number of hydrogen-bond donors (Lipinski definition) is 3. The van der Waals surface area contributed by atoms with E-state index in [9.17, 15) is 10.2 Å². The molecule has 4 aliphatic carbocycles. The van der Waals surface area contributed by atoms with Gasteiger partial charge in [-0.05, 0) is 105 Å². The van der Waals surface area contributed by atoms with Crippen molar-refractivity contribution in [2.45, 2.75) is 124 Å². The topological polar surface area (TPSA) is 60.7 Å². The number of aliphatic hydroxyl groups excluding tert-OH is 3. The fourth-order valence-corrected chi connectivity index (χ4v) is 8.13. The first kappa shape index (κ1) is 27.9. The van der Waals surface area contributed by atoms with Gasteiger partial charge in [0.1, 0.15) is 0 Å². The second-order valence-corrected chi connectivity index (χ2v) is 11.7. The Labute approximate surface area is 199 Å². The molecule has 8 unspecified atom stereocenters. The fourth-order valence-electron chi connectivity index (χ4n) is 8.13. The van der Waals surface area contributed by atoms with E-state index in [-0.39, 0.29) is 12.2 Å². The lowest BCUT2D eigenvalue weighted by molar-refractivity contribution is -0.0512. The second-order valence-electron chi connectivity index (χ2n) is 11.7. The van der Waals surface area contributed by atoms with E-state index in [4.69, 9.17) is 5.11 Å². The number of rotatable bonds is 5. The first-order valence-electron chi connectivity index (χ1n) is 13.8. The van der Waals surface area contributed by atoms with Crippen LogP contribution in [0.3, 0.4) is 0 Å². The summed E-state index contributed by atoms with van der Waals surface area (Å²) in [6.45, 7) is 13.4. The highest BCUT2D eigenvalue weighted by Gasteiger charge is 2.58. The van der Waals surface area contributed by atoms with Gasteiger partial charge in [0, 0.05) is 7.11 Å². The molecule has 0 radical (unpaired) electrons. The molecule has 0 aliphatic heterocycles. The molecule has 4 rings (SSSR count). The van der Waals surface area contributed by atoms with Crippen LogP contribution in [0, 0.1) is 40.4 Å². The lowest BCUT2D eigenvalue weighted by atomic mass is 9.47. The molecule has 0 amide bonds. The second kappa shape index (κ2) is 11.8. The predicted octanol–water partition coefficient (Wildman–Crippen LogP) is 6.75. The minimum absolute atomic E-state index is 0.0956. The summed E-state index contributed by atoms with van der Waals surface area (Å²) in [6.07, 6.45) is 15.9. The molecule has 0 bridgehead atoms. The predicted molar refractivity (Wildman–Crippen MR) is 135 cm³/mol. The Balaban J connectivity index is 0.000000860. The van der Waals surface area contributed by atoms with Crippen LogP contribution >= 0.6 is 0 Å². The smallest absolute Gasteiger partial charge is 0.0577 e. The van der Waals surface area contributed by atoms with E-state index in [0.29, 0.717) is 16.7 Å². The zero-order valence-electron chi connectivity index (χ0n) is 22.2. The summed E-state index contributed by atoms with van der Waals surface area (Å²) in [5.74, 6) is 3.87. The summed E-state index contributed by atoms with van der Waals surface area (Å²) < 4.78 is 0. The summed E-state index contributed by atoms with van der Waals surface area (Å²) in [6, 6.07) is 0. The van der Waals surface area contributed by atoms with Gasteiger partial charge in [-0.1, -0.05) is 59.6 Å². The maximum Gasteiger partial charge on any atom is 0.0577 e. The maximum atomic E-state index is 10.2. The van der Waals surface area contributed by atoms with E-state index in [0.717, 1.165) is 50.0 Å². The number of fused-ring (bicyclic) bond motifs is 5. The van der Waals surface area contributed by atoms with E-state index in [1.165, 1.54) is 51.4 Å². The average molecular weight is 451 g/mol. The Morgan fingerprint density at radius 3 is 2.34 bits per heavy atom. The molecule has 0 aromatic rings. The lowest BCUT2D eigenvalue weighted by Gasteiger charge is -2.58. The van der Waals surface area contributed by atoms with Crippen molar-refractivity contribution in [1.29, 1.82) is 0 Å². The van der Waals surface area contributed by atoms with Crippen molar-refractivity contribution >= 4 is 0 Å². The molecule has 3 N–H and O–H groups in total. The summed E-state index contributed by atoms with van der Waals surface area (Å²) in [7, 11) is 1.00. The van der Waals surface area contributed by atoms with Crippen LogP contribution in [-0.2, 0) is 0 Å². The van der Waals surface area contributed by atoms with Crippen LogP contribution in [0.4, 0.5) is 0 Å². The van der Waals surface area contributed by atoms with Crippen LogP contribution in [0.2, 0.25) is 0 Å². The normalized spacial score (nSPS) is 41.1. The van der Waals surface area contributed by atoms with Gasteiger partial charge in [-0.15, -0.1) is 0 Å². The molecule has 32 heavy (non-hydrogen) atoms. The first-order chi connectivity index (χ1) is 15.3. The van der Waals surface area contributed by atoms with Crippen LogP contribution in [-0.4, -0.2) is 34.6 Å². The molecule has 8 atom stereocenters. The molecule has 0 saturated heterocycles. The number of allylic oxidation sites excluding steroid dienone is 1. The Bertz CT molecular complexity index is 599. The summed E-state index contributed by atoms with van der Waals surface area (Å²) in [4.78, 5) is 0. The van der Waals surface area contributed by atoms with Crippen molar-refractivity contribution in [3.05, 3.63) is 11.6 Å². The molecule has 4 aliphatic rings. The SMILES string of the molecule is CC.CC(C)C(O)CCCC1CCC2C3CC=C4CC(O)CCC4(C)C3CCC12C.CO. The quantitative estimate of drug-likeness (QED) is 0.406. The Kier molecular flexibility index (Phi) is 10.3. The highest BCUT2D eigenvalue weighted by molar-refractivity contribution is 5.25. The molecule has 3 saturated carbocycles. The van der Waals surface area contributed by atoms with Gasteiger partial charge in [0.25, 0.3) is 0 Å². The monoisotopic (exact) mass is 450 g/mol. The van der Waals surface area contributed by atoms with E-state index in [1.807, 2.05) is 13.8 Å². The number of hydrogen-bond acceptors (Lipinski definition) is 3. The molecule has 0 spiro atoms. The standard InChI is InChI=1S/C26H44O2.C2H6.CH4O/c1-17(2)24(28)7-5-6-18-9-11-22-21-10-8-19-16-20(27)12-14-26(19,4)23(21)13-15-25(18,22)3;2*1-2/h8,17-18,20-24,27-28H,5-7,9-16H2,1-4H3;1-2H3;2H,1H3. The van der Waals surface area contributed by atoms with E-state index in [1.54, 1.807) is 5.57 Å². The molecule has 0 aromatic heterocycles. The first-order valence-corrected chi connectivity index (χ1v) is 13.8. The van der Waals surface area contributed by atoms with Crippen LogP contribution in [0.1, 0.15) is 112 Å². The largest absolute Gasteiger partial charge is 0.400 e. The molecule has 3 fully saturated rings. The van der Waals surface area contributed by atoms with E-state index in [2.05, 4.69) is 33.8 Å². The Morgan fingerprint density at radius 1 is 1.00 bits per heavy atom. The number of aliphatic hydroxyl groups is 3. The van der Waals surface area contributed by atoms with E-state index < -0.39 is 0 Å². The summed E-state index contributed by atoms with van der Waals surface area (Å²) in [5.41, 5.74) is 2.48. The molecule has 188 valence electrons. The minimum Gasteiger partial charge on any atom is -0.400 e. The van der Waals surface area contributed by atoms with E-state index >= 15 is 0 Å². The molecule has 3 heteroatoms. The molecule has 3 nitrogen and oxygen atoms in total. The van der Waals surface area contributed by atoms with Crippen molar-refractivity contribution in [1.82, 2.24) is 0 Å². The van der Waals surface area contributed by atoms with Crippen molar-refractivity contribution in [3.8, 4) is 0 Å². The molecular formula is C29H54O3. The maximum absolute atomic E-state index is 10.2. The third-order valence-corrected chi connectivity index (χ3v) is 10.1. The zero-order chi connectivity index (χ0) is 24.1. The van der Waals surface area contributed by atoms with Crippen molar-refractivity contribution in [2.24, 2.45) is 40.4 Å². The van der Waals surface area contributed by atoms with Gasteiger partial charge in [-0.3, -0.25) is 0 Å². The molecule has 0 aromatic carbocycles. The third kappa shape index (κ3) is 5.31. The van der Waals surface area contributed by atoms with Crippen molar-refractivity contribution in [3.63, 3.8) is 0 Å². The Hall–Kier alpha value is -0.380. The van der Waals surface area contributed by atoms with Crippen LogP contribution < -0.4 is 0 Å². The van der Waals surface area contributed by atoms with Crippen molar-refractivity contribution in [2.75, 3.05) is 7.11 Å². The van der Waals surface area contributed by atoms with Gasteiger partial charge < -0.3 is 15.3 Å². The van der Waals surface area contributed by atoms with Gasteiger partial charge in [-0.25, -0.2) is 0 Å². The fraction of sp³-hybridized carbons (Fsp3) is 0.931. The summed E-state index contributed by atoms with van der Waals surface area (Å²) in [5, 5.41) is 27.4. The summed E-state index contributed by atoms with van der Waals surface area (Å²) >= 11 is 0. The zero-order valence-corrected chi connectivity index (χ0v) is 22.2. The van der Waals surface area contributed by atoms with Crippen LogP contribution in [0.25, 0.3) is 0 Å². The highest BCUT2D eigenvalue weighted by atomic mass is 16.3. The molecular weight excluding hydrogens is 396 g/mol. The van der Waals surface area contributed by atoms with Gasteiger partial charge >= 0.3 is 0 Å². The van der Waals surface area contributed by atoms with Gasteiger partial charge in [-0.2, -0.15) is 0 Å². The third-order valence-electron chi connectivity index (χ3n) is 10.1. The molecule has 0 heterocycles. The average Bonchev–Trinajstić information content (AvgIpc) is 3.13. The van der Waals surface area contributed by atoms with Crippen LogP contribution in [0.5, 0.6) is 0 Å². The Morgan fingerprint density at radius 2 is 1.69 bits per heavy atom. The van der Waals surface area contributed by atoms with Gasteiger partial charge in [0.05, 0.1) is 12.2 Å².